The standard InChI is InChI=1S/C6HBr13/c7-2(8,5(15,16)6(17,18)19)1(3(9,10)11)4(12,13)14/h1H. The molecule has 0 aliphatic heterocycles. The Labute approximate surface area is 221 Å². The third kappa shape index (κ3) is 6.72. The van der Waals surface area contributed by atoms with Gasteiger partial charge >= 0.3 is 0 Å². The molecule has 116 valence electrons. The van der Waals surface area contributed by atoms with Crippen LogP contribution >= 0.6 is 207 Å². The lowest BCUT2D eigenvalue weighted by atomic mass is 10.1. The van der Waals surface area contributed by atoms with Gasteiger partial charge in [-0.2, -0.15) is 0 Å². The highest BCUT2D eigenvalue weighted by Gasteiger charge is 2.66. The summed E-state index contributed by atoms with van der Waals surface area (Å²) in [7, 11) is 0. The van der Waals surface area contributed by atoms with Gasteiger partial charge in [0.2, 0.25) is 0 Å². The predicted molar refractivity (Wildman–Crippen MR) is 133 cm³/mol. The number of hydrogen-bond acceptors (Lipinski definition) is 0. The molecule has 0 fully saturated rings. The molecule has 0 aromatic carbocycles. The van der Waals surface area contributed by atoms with Crippen LogP contribution in [-0.4, -0.2) is 12.9 Å². The molecule has 0 amide bonds. The first-order valence-corrected chi connectivity index (χ1v) is 14.1. The average Bonchev–Trinajstić information content (AvgIpc) is 1.92. The molecule has 0 unspecified atom stereocenters. The molecule has 0 bridgehead atoms. The Morgan fingerprint density at radius 3 is 0.895 bits per heavy atom. The lowest BCUT2D eigenvalue weighted by molar-refractivity contribution is 0.540. The van der Waals surface area contributed by atoms with Crippen LogP contribution < -0.4 is 0 Å². The Morgan fingerprint density at radius 2 is 0.737 bits per heavy atom. The van der Waals surface area contributed by atoms with Gasteiger partial charge in [-0.25, -0.2) is 0 Å². The largest absolute Gasteiger partial charge is 0.162 e. The molecule has 19 heavy (non-hydrogen) atoms. The molecule has 0 nitrogen and oxygen atoms in total. The SMILES string of the molecule is BrC(Br)(Br)C(C(Br)(Br)Br)C(Br)(Br)C(Br)(Br)C(Br)(Br)Br. The van der Waals surface area contributed by atoms with Gasteiger partial charge in [0.15, 0.2) is 2.14 Å². The predicted octanol–water partition coefficient (Wildman–Crippen LogP) is 10.1. The monoisotopic (exact) mass is 1100 g/mol. The third-order valence-electron chi connectivity index (χ3n) is 1.79. The number of rotatable bonds is 2. The summed E-state index contributed by atoms with van der Waals surface area (Å²) in [6.45, 7) is 0. The first kappa shape index (κ1) is 25.2. The normalized spacial score (nSPS) is 16.1. The summed E-state index contributed by atoms with van der Waals surface area (Å²) in [6.07, 6.45) is 0. The maximum absolute atomic E-state index is 3.73. The Kier molecular flexibility index (Phi) is 11.3. The molecule has 0 aromatic rings. The molecule has 0 aliphatic carbocycles. The van der Waals surface area contributed by atoms with Gasteiger partial charge in [-0.1, -0.05) is 207 Å². The molecule has 13 heteroatoms. The molecular weight excluding hydrogens is 1110 g/mol. The molecule has 0 atom stereocenters. The zero-order chi connectivity index (χ0) is 16.1. The van der Waals surface area contributed by atoms with Crippen LogP contribution in [0.4, 0.5) is 0 Å². The molecule has 0 aromatic heterocycles. The van der Waals surface area contributed by atoms with Crippen molar-refractivity contribution < 1.29 is 0 Å². The molecule has 0 radical (unpaired) electrons. The van der Waals surface area contributed by atoms with Crippen molar-refractivity contribution in [2.75, 3.05) is 0 Å². The molecule has 0 heterocycles. The van der Waals surface area contributed by atoms with Crippen LogP contribution in [0, 0.1) is 5.92 Å². The van der Waals surface area contributed by atoms with E-state index in [1.54, 1.807) is 0 Å². The van der Waals surface area contributed by atoms with Crippen molar-refractivity contribution in [1.29, 1.82) is 0 Å². The maximum Gasteiger partial charge on any atom is 0.162 e. The van der Waals surface area contributed by atoms with Crippen molar-refractivity contribution in [2.45, 2.75) is 12.9 Å². The average molecular weight is 1110 g/mol. The second-order valence-electron chi connectivity index (χ2n) is 3.21. The van der Waals surface area contributed by atoms with Crippen molar-refractivity contribution in [3.05, 3.63) is 0 Å². The fourth-order valence-corrected chi connectivity index (χ4v) is 16.5. The zero-order valence-electron chi connectivity index (χ0n) is 7.99. The fourth-order valence-electron chi connectivity index (χ4n) is 0.967. The highest BCUT2D eigenvalue weighted by molar-refractivity contribution is 9.42. The summed E-state index contributed by atoms with van der Waals surface area (Å²) < 4.78 is -3.27. The summed E-state index contributed by atoms with van der Waals surface area (Å²) in [5.41, 5.74) is 0. The van der Waals surface area contributed by atoms with Crippen molar-refractivity contribution in [3.8, 4) is 0 Å². The van der Waals surface area contributed by atoms with E-state index in [0.29, 0.717) is 0 Å². The van der Waals surface area contributed by atoms with E-state index in [9.17, 15) is 0 Å². The van der Waals surface area contributed by atoms with Gasteiger partial charge in [-0.15, -0.1) is 0 Å². The van der Waals surface area contributed by atoms with Crippen LogP contribution in [0.2, 0.25) is 0 Å². The first-order chi connectivity index (χ1) is 7.87. The van der Waals surface area contributed by atoms with Crippen molar-refractivity contribution in [3.63, 3.8) is 0 Å². The molecule has 0 aliphatic rings. The Bertz CT molecular complexity index is 299. The molecule has 0 spiro atoms. The second-order valence-corrected chi connectivity index (χ2v) is 30.9. The fraction of sp³-hybridized carbons (Fsp3) is 1.00. The van der Waals surface area contributed by atoms with Gasteiger partial charge in [0.05, 0.1) is 5.92 Å². The summed E-state index contributed by atoms with van der Waals surface area (Å²) in [5.74, 6) is -0.196. The molecular formula is C6HBr13. The molecule has 0 rings (SSSR count). The van der Waals surface area contributed by atoms with Crippen LogP contribution in [0.3, 0.4) is 0 Å². The van der Waals surface area contributed by atoms with Gasteiger partial charge in [0, 0.05) is 0 Å². The van der Waals surface area contributed by atoms with Gasteiger partial charge in [0.25, 0.3) is 0 Å². The lowest BCUT2D eigenvalue weighted by Gasteiger charge is -2.49. The Morgan fingerprint density at radius 1 is 0.474 bits per heavy atom. The van der Waals surface area contributed by atoms with Crippen LogP contribution in [0.15, 0.2) is 0 Å². The minimum absolute atomic E-state index is 0.196. The van der Waals surface area contributed by atoms with E-state index in [0.717, 1.165) is 0 Å². The van der Waals surface area contributed by atoms with E-state index in [1.165, 1.54) is 0 Å². The highest BCUT2D eigenvalue weighted by atomic mass is 80.0. The zero-order valence-corrected chi connectivity index (χ0v) is 28.6. The van der Waals surface area contributed by atoms with Gasteiger partial charge in [0.1, 0.15) is 10.8 Å². The molecule has 0 saturated heterocycles. The number of halogens is 13. The smallest absolute Gasteiger partial charge is 0.0695 e. The van der Waals surface area contributed by atoms with E-state index in [1.807, 2.05) is 0 Å². The van der Waals surface area contributed by atoms with Crippen molar-refractivity contribution in [1.82, 2.24) is 0 Å². The minimum Gasteiger partial charge on any atom is -0.0695 e. The summed E-state index contributed by atoms with van der Waals surface area (Å²) in [5, 5.41) is 0. The van der Waals surface area contributed by atoms with Crippen molar-refractivity contribution >= 4 is 207 Å². The molecule has 0 N–H and O–H groups in total. The summed E-state index contributed by atoms with van der Waals surface area (Å²) >= 11 is 46.8. The highest BCUT2D eigenvalue weighted by Crippen LogP contribution is 2.71. The van der Waals surface area contributed by atoms with Gasteiger partial charge in [-0.05, 0) is 0 Å². The van der Waals surface area contributed by atoms with E-state index >= 15 is 0 Å². The quantitative estimate of drug-likeness (QED) is 0.242. The maximum atomic E-state index is 3.73. The lowest BCUT2D eigenvalue weighted by Crippen LogP contribution is -2.55. The first-order valence-electron chi connectivity index (χ1n) is 3.82. The Balaban J connectivity index is 5.97. The molecule has 0 saturated carbocycles. The van der Waals surface area contributed by atoms with Crippen molar-refractivity contribution in [2.24, 2.45) is 5.92 Å². The number of alkyl halides is 13. The van der Waals surface area contributed by atoms with E-state index < -0.39 is 12.9 Å². The second kappa shape index (κ2) is 8.50. The van der Waals surface area contributed by atoms with E-state index in [4.69, 9.17) is 0 Å². The number of hydrogen-bond donors (Lipinski definition) is 0. The van der Waals surface area contributed by atoms with E-state index in [-0.39, 0.29) is 5.92 Å². The van der Waals surface area contributed by atoms with Crippen LogP contribution in [0.25, 0.3) is 0 Å². The Hall–Kier alpha value is 6.24. The topological polar surface area (TPSA) is 0 Å². The summed E-state index contributed by atoms with van der Waals surface area (Å²) in [4.78, 5) is 0. The third-order valence-corrected chi connectivity index (χ3v) is 16.2. The van der Waals surface area contributed by atoms with Crippen LogP contribution in [0.5, 0.6) is 0 Å². The van der Waals surface area contributed by atoms with Gasteiger partial charge < -0.3 is 0 Å². The van der Waals surface area contributed by atoms with Crippen LogP contribution in [0.1, 0.15) is 0 Å². The van der Waals surface area contributed by atoms with E-state index in [2.05, 4.69) is 207 Å². The van der Waals surface area contributed by atoms with Crippen LogP contribution in [-0.2, 0) is 0 Å². The van der Waals surface area contributed by atoms with Gasteiger partial charge in [-0.3, -0.25) is 0 Å². The minimum atomic E-state index is -0.703. The summed E-state index contributed by atoms with van der Waals surface area (Å²) in [6, 6.07) is 0.